The van der Waals surface area contributed by atoms with Gasteiger partial charge in [0, 0.05) is 12.8 Å². The normalized spacial score (nSPS) is 12.0. The second kappa shape index (κ2) is 19.7. The van der Waals surface area contributed by atoms with E-state index in [9.17, 15) is 9.59 Å². The van der Waals surface area contributed by atoms with Gasteiger partial charge < -0.3 is 9.47 Å². The summed E-state index contributed by atoms with van der Waals surface area (Å²) in [5, 5.41) is 0. The molecule has 0 N–H and O–H groups in total. The molecule has 1 atom stereocenters. The van der Waals surface area contributed by atoms with Gasteiger partial charge in [0.05, 0.1) is 13.2 Å². The summed E-state index contributed by atoms with van der Waals surface area (Å²) < 4.78 is 10.6. The van der Waals surface area contributed by atoms with Crippen molar-refractivity contribution >= 4 is 11.9 Å². The average Bonchev–Trinajstić information content (AvgIpc) is 2.67. The molecule has 0 aromatic heterocycles. The zero-order valence-electron chi connectivity index (χ0n) is 18.2. The van der Waals surface area contributed by atoms with Crippen molar-refractivity contribution in [1.29, 1.82) is 0 Å². The summed E-state index contributed by atoms with van der Waals surface area (Å²) in [6, 6.07) is 0. The van der Waals surface area contributed by atoms with Gasteiger partial charge in [0.1, 0.15) is 0 Å². The lowest BCUT2D eigenvalue weighted by molar-refractivity contribution is -0.145. The van der Waals surface area contributed by atoms with Crippen LogP contribution in [0.2, 0.25) is 0 Å². The summed E-state index contributed by atoms with van der Waals surface area (Å²) in [7, 11) is 0. The lowest BCUT2D eigenvalue weighted by Gasteiger charge is -2.14. The van der Waals surface area contributed by atoms with Gasteiger partial charge in [0.25, 0.3) is 0 Å². The van der Waals surface area contributed by atoms with Crippen LogP contribution >= 0.6 is 0 Å². The van der Waals surface area contributed by atoms with Gasteiger partial charge in [-0.1, -0.05) is 78.6 Å². The summed E-state index contributed by atoms with van der Waals surface area (Å²) in [4.78, 5) is 23.3. The predicted molar refractivity (Wildman–Crippen MR) is 112 cm³/mol. The number of rotatable bonds is 19. The third-order valence-corrected chi connectivity index (χ3v) is 5.05. The molecule has 0 fully saturated rings. The molecule has 160 valence electrons. The summed E-state index contributed by atoms with van der Waals surface area (Å²) >= 11 is 0. The van der Waals surface area contributed by atoms with Gasteiger partial charge in [-0.15, -0.1) is 0 Å². The Hall–Kier alpha value is -1.06. The second-order valence-electron chi connectivity index (χ2n) is 7.65. The highest BCUT2D eigenvalue weighted by atomic mass is 16.5. The third-order valence-electron chi connectivity index (χ3n) is 5.05. The van der Waals surface area contributed by atoms with E-state index in [1.54, 1.807) is 0 Å². The lowest BCUT2D eigenvalue weighted by Crippen LogP contribution is -2.13. The third kappa shape index (κ3) is 18.1. The van der Waals surface area contributed by atoms with Gasteiger partial charge in [0.15, 0.2) is 0 Å². The van der Waals surface area contributed by atoms with Crippen LogP contribution in [0.4, 0.5) is 0 Å². The number of carbonyl (C=O) groups is 2. The largest absolute Gasteiger partial charge is 0.466 e. The van der Waals surface area contributed by atoms with Crippen LogP contribution < -0.4 is 0 Å². The quantitative estimate of drug-likeness (QED) is 0.186. The first-order valence-electron chi connectivity index (χ1n) is 11.4. The Morgan fingerprint density at radius 3 is 1.78 bits per heavy atom. The van der Waals surface area contributed by atoms with Crippen molar-refractivity contribution in [2.24, 2.45) is 5.92 Å². The zero-order chi connectivity index (χ0) is 20.2. The van der Waals surface area contributed by atoms with Gasteiger partial charge in [-0.2, -0.15) is 0 Å². The molecule has 0 aromatic carbocycles. The van der Waals surface area contributed by atoms with E-state index in [0.717, 1.165) is 70.6 Å². The molecule has 4 heteroatoms. The van der Waals surface area contributed by atoms with Crippen LogP contribution in [0.15, 0.2) is 0 Å². The van der Waals surface area contributed by atoms with Crippen molar-refractivity contribution in [2.45, 2.75) is 117 Å². The Morgan fingerprint density at radius 2 is 1.22 bits per heavy atom. The summed E-state index contributed by atoms with van der Waals surface area (Å²) in [5.74, 6) is 0.418. The zero-order valence-corrected chi connectivity index (χ0v) is 18.2. The van der Waals surface area contributed by atoms with Gasteiger partial charge in [-0.3, -0.25) is 9.59 Å². The molecule has 0 saturated carbocycles. The molecule has 0 amide bonds. The number of esters is 2. The Kier molecular flexibility index (Phi) is 18.9. The molecular formula is C23H44O4. The van der Waals surface area contributed by atoms with Gasteiger partial charge in [-0.25, -0.2) is 0 Å². The molecule has 0 bridgehead atoms. The molecule has 0 heterocycles. The van der Waals surface area contributed by atoms with E-state index in [1.807, 2.05) is 0 Å². The number of unbranched alkanes of at least 4 members (excludes halogenated alkanes) is 8. The Morgan fingerprint density at radius 1 is 0.667 bits per heavy atom. The number of carbonyl (C=O) groups excluding carboxylic acids is 2. The Bertz CT molecular complexity index is 354. The highest BCUT2D eigenvalue weighted by molar-refractivity contribution is 5.69. The van der Waals surface area contributed by atoms with Crippen LogP contribution in [0.25, 0.3) is 0 Å². The van der Waals surface area contributed by atoms with Crippen LogP contribution in [0.1, 0.15) is 117 Å². The monoisotopic (exact) mass is 384 g/mol. The smallest absolute Gasteiger partial charge is 0.305 e. The van der Waals surface area contributed by atoms with Crippen molar-refractivity contribution in [1.82, 2.24) is 0 Å². The van der Waals surface area contributed by atoms with Crippen LogP contribution in [-0.2, 0) is 19.1 Å². The van der Waals surface area contributed by atoms with Gasteiger partial charge >= 0.3 is 11.9 Å². The molecule has 0 aliphatic carbocycles. The van der Waals surface area contributed by atoms with Crippen LogP contribution in [-0.4, -0.2) is 25.2 Å². The average molecular weight is 385 g/mol. The molecule has 1 unspecified atom stereocenters. The first-order chi connectivity index (χ1) is 13.1. The van der Waals surface area contributed by atoms with Crippen LogP contribution in [0, 0.1) is 5.92 Å². The van der Waals surface area contributed by atoms with E-state index in [1.165, 1.54) is 12.8 Å². The van der Waals surface area contributed by atoms with E-state index in [4.69, 9.17) is 9.47 Å². The lowest BCUT2D eigenvalue weighted by atomic mass is 10.0. The molecule has 0 rings (SSSR count). The fourth-order valence-corrected chi connectivity index (χ4v) is 3.04. The number of ether oxygens (including phenoxy) is 2. The first-order valence-corrected chi connectivity index (χ1v) is 11.4. The number of hydrogen-bond donors (Lipinski definition) is 0. The fourth-order valence-electron chi connectivity index (χ4n) is 3.04. The molecular weight excluding hydrogens is 340 g/mol. The van der Waals surface area contributed by atoms with Crippen molar-refractivity contribution in [2.75, 3.05) is 13.2 Å². The minimum absolute atomic E-state index is 0.0456. The molecule has 4 nitrogen and oxygen atoms in total. The maximum Gasteiger partial charge on any atom is 0.305 e. The standard InChI is InChI=1S/C23H44O4/c1-4-7-15-19-26-22(24)17-13-11-9-10-12-14-18-23(25)27-20-21(6-3)16-8-5-2/h21H,4-20H2,1-3H3. The van der Waals surface area contributed by atoms with Crippen molar-refractivity contribution in [3.63, 3.8) is 0 Å². The van der Waals surface area contributed by atoms with Gasteiger partial charge in [0.2, 0.25) is 0 Å². The van der Waals surface area contributed by atoms with Crippen LogP contribution in [0.3, 0.4) is 0 Å². The molecule has 0 aromatic rings. The molecule has 0 spiro atoms. The first kappa shape index (κ1) is 25.9. The molecule has 0 aliphatic heterocycles. The SMILES string of the molecule is CCCCCOC(=O)CCCCCCCCC(=O)OCC(CC)CCCC. The predicted octanol–water partition coefficient (Wildman–Crippen LogP) is 6.60. The number of hydrogen-bond acceptors (Lipinski definition) is 4. The van der Waals surface area contributed by atoms with Crippen molar-refractivity contribution in [3.8, 4) is 0 Å². The Balaban J connectivity index is 3.42. The summed E-state index contributed by atoms with van der Waals surface area (Å²) in [6.07, 6.45) is 15.1. The molecule has 27 heavy (non-hydrogen) atoms. The Labute approximate surface area is 167 Å². The summed E-state index contributed by atoms with van der Waals surface area (Å²) in [5.41, 5.74) is 0. The van der Waals surface area contributed by atoms with E-state index >= 15 is 0 Å². The molecule has 0 aliphatic rings. The van der Waals surface area contributed by atoms with E-state index in [-0.39, 0.29) is 11.9 Å². The maximum atomic E-state index is 11.8. The van der Waals surface area contributed by atoms with E-state index in [2.05, 4.69) is 20.8 Å². The van der Waals surface area contributed by atoms with Crippen LogP contribution in [0.5, 0.6) is 0 Å². The maximum absolute atomic E-state index is 11.8. The van der Waals surface area contributed by atoms with E-state index in [0.29, 0.717) is 32.0 Å². The topological polar surface area (TPSA) is 52.6 Å². The minimum atomic E-state index is -0.0573. The minimum Gasteiger partial charge on any atom is -0.466 e. The van der Waals surface area contributed by atoms with Crippen molar-refractivity contribution in [3.05, 3.63) is 0 Å². The highest BCUT2D eigenvalue weighted by Gasteiger charge is 2.09. The highest BCUT2D eigenvalue weighted by Crippen LogP contribution is 2.14. The van der Waals surface area contributed by atoms with Gasteiger partial charge in [-0.05, 0) is 31.6 Å². The second-order valence-corrected chi connectivity index (χ2v) is 7.65. The molecule has 0 radical (unpaired) electrons. The summed E-state index contributed by atoms with van der Waals surface area (Å²) in [6.45, 7) is 7.66. The van der Waals surface area contributed by atoms with Crippen molar-refractivity contribution < 1.29 is 19.1 Å². The fraction of sp³-hybridized carbons (Fsp3) is 0.913. The van der Waals surface area contributed by atoms with E-state index < -0.39 is 0 Å². The molecule has 0 saturated heterocycles.